The quantitative estimate of drug-likeness (QED) is 0.0195. The fourth-order valence-corrected chi connectivity index (χ4v) is 9.76. The van der Waals surface area contributed by atoms with E-state index in [2.05, 4.69) is 172 Å². The van der Waals surface area contributed by atoms with E-state index >= 15 is 0 Å². The topological polar surface area (TPSA) is 111 Å². The molecule has 0 rings (SSSR count). The lowest BCUT2D eigenvalue weighted by atomic mass is 10.0. The third-order valence-electron chi connectivity index (χ3n) is 15.3. The zero-order chi connectivity index (χ0) is 66.1. The van der Waals surface area contributed by atoms with Crippen LogP contribution in [0.25, 0.3) is 0 Å². The number of nitrogens with zero attached hydrogens (tertiary/aromatic N) is 1. The second kappa shape index (κ2) is 70.8. The van der Waals surface area contributed by atoms with E-state index < -0.39 is 24.3 Å². The van der Waals surface area contributed by atoms with Gasteiger partial charge in [0, 0.05) is 12.8 Å². The highest BCUT2D eigenvalue weighted by Gasteiger charge is 2.22. The smallest absolute Gasteiger partial charge is 0.306 e. The summed E-state index contributed by atoms with van der Waals surface area (Å²) < 4.78 is 22.8. The second-order valence-corrected chi connectivity index (χ2v) is 25.1. The van der Waals surface area contributed by atoms with Gasteiger partial charge in [0.05, 0.1) is 40.3 Å². The van der Waals surface area contributed by atoms with Gasteiger partial charge in [0.15, 0.2) is 12.4 Å². The van der Waals surface area contributed by atoms with Crippen LogP contribution in [0.4, 0.5) is 0 Å². The molecule has 0 aromatic rings. The molecule has 0 spiro atoms. The van der Waals surface area contributed by atoms with Crippen molar-refractivity contribution in [3.05, 3.63) is 158 Å². The van der Waals surface area contributed by atoms with Gasteiger partial charge in [0.1, 0.15) is 13.2 Å². The lowest BCUT2D eigenvalue weighted by molar-refractivity contribution is -0.870. The zero-order valence-electron chi connectivity index (χ0n) is 58.9. The van der Waals surface area contributed by atoms with Gasteiger partial charge in [-0.25, -0.2) is 0 Å². The normalized spacial score (nSPS) is 13.6. The molecule has 0 radical (unpaired) electrons. The van der Waals surface area contributed by atoms with Crippen molar-refractivity contribution in [1.82, 2.24) is 0 Å². The molecule has 0 saturated heterocycles. The molecule has 9 nitrogen and oxygen atoms in total. The first-order valence-corrected chi connectivity index (χ1v) is 36.6. The zero-order valence-corrected chi connectivity index (χ0v) is 58.9. The first-order valence-electron chi connectivity index (χ1n) is 36.6. The van der Waals surface area contributed by atoms with Crippen LogP contribution in [0.5, 0.6) is 0 Å². The Morgan fingerprint density at radius 2 is 0.593 bits per heavy atom. The van der Waals surface area contributed by atoms with E-state index in [1.165, 1.54) is 122 Å². The van der Waals surface area contributed by atoms with E-state index in [4.69, 9.17) is 18.9 Å². The molecule has 2 atom stereocenters. The summed E-state index contributed by atoms with van der Waals surface area (Å²) in [6.45, 7) is 4.51. The first kappa shape index (κ1) is 85.9. The van der Waals surface area contributed by atoms with E-state index in [1.54, 1.807) is 0 Å². The van der Waals surface area contributed by atoms with Gasteiger partial charge in [-0.3, -0.25) is 9.59 Å². The Balaban J connectivity index is 4.12. The predicted molar refractivity (Wildman–Crippen MR) is 389 cm³/mol. The van der Waals surface area contributed by atoms with Crippen LogP contribution in [-0.4, -0.2) is 82.3 Å². The maximum absolute atomic E-state index is 12.9. The molecule has 0 heterocycles. The Bertz CT molecular complexity index is 2060. The van der Waals surface area contributed by atoms with Crippen LogP contribution in [-0.2, 0) is 33.3 Å². The molecule has 0 N–H and O–H groups in total. The monoisotopic (exact) mass is 1260 g/mol. The summed E-state index contributed by atoms with van der Waals surface area (Å²) in [5.41, 5.74) is 0. The lowest BCUT2D eigenvalue weighted by Gasteiger charge is -2.26. The van der Waals surface area contributed by atoms with Gasteiger partial charge in [-0.1, -0.05) is 307 Å². The molecule has 0 aromatic carbocycles. The van der Waals surface area contributed by atoms with Crippen LogP contribution in [0.2, 0.25) is 0 Å². The van der Waals surface area contributed by atoms with Crippen molar-refractivity contribution >= 4 is 17.9 Å². The van der Waals surface area contributed by atoms with Gasteiger partial charge in [0.25, 0.3) is 0 Å². The molecule has 0 aromatic heterocycles. The number of ether oxygens (including phenoxy) is 4. The fourth-order valence-electron chi connectivity index (χ4n) is 9.76. The van der Waals surface area contributed by atoms with E-state index in [1.807, 2.05) is 21.1 Å². The Morgan fingerprint density at radius 1 is 0.330 bits per heavy atom. The molecule has 0 bridgehead atoms. The molecule has 516 valence electrons. The average molecular weight is 1260 g/mol. The third kappa shape index (κ3) is 72.2. The number of carboxylic acid groups (broad SMARTS) is 1. The van der Waals surface area contributed by atoms with Gasteiger partial charge in [-0.2, -0.15) is 0 Å². The Hall–Kier alpha value is -5.09. The van der Waals surface area contributed by atoms with Gasteiger partial charge in [-0.15, -0.1) is 0 Å². The highest BCUT2D eigenvalue weighted by atomic mass is 16.7. The highest BCUT2D eigenvalue weighted by molar-refractivity contribution is 5.70. The van der Waals surface area contributed by atoms with Gasteiger partial charge in [-0.05, 0) is 122 Å². The number of hydrogen-bond acceptors (Lipinski definition) is 8. The summed E-state index contributed by atoms with van der Waals surface area (Å²) in [5, 5.41) is 11.8. The molecule has 0 aliphatic heterocycles. The highest BCUT2D eigenvalue weighted by Crippen LogP contribution is 2.17. The van der Waals surface area contributed by atoms with Gasteiger partial charge in [0.2, 0.25) is 0 Å². The molecule has 0 aliphatic rings. The summed E-state index contributed by atoms with van der Waals surface area (Å²) >= 11 is 0. The maximum atomic E-state index is 12.9. The lowest BCUT2D eigenvalue weighted by Crippen LogP contribution is -2.44. The molecule has 9 heteroatoms. The van der Waals surface area contributed by atoms with Crippen molar-refractivity contribution < 1.29 is 42.9 Å². The molecular formula is C82H135NO8. The standard InChI is InChI=1S/C82H135NO8/c1-6-8-10-12-14-16-18-20-22-24-26-28-30-32-34-36-37-38-39-40-41-42-43-45-46-48-50-52-54-56-58-60-62-64-66-68-70-72-79(84)89-76-78(77-90-82(81(86)87)88-75-74-83(3,4)5)91-80(85)73-71-69-67-65-63-61-59-57-55-53-51-49-47-44-35-33-31-29-27-25-23-21-19-17-15-13-11-9-7-2/h8-11,14-17,20-23,26-29,32-35,37-38,47,49,53,55,78,82H,6-7,12-13,18-19,24-25,30-31,36,39-46,48,50-52,54,56-77H2,1-5H3/b10-8-,11-9-,16-14-,17-15-,22-20-,23-21-,28-26-,29-27-,34-32-,35-33-,38-37-,49-47-,55-53-. The summed E-state index contributed by atoms with van der Waals surface area (Å²) in [6, 6.07) is 0. The summed E-state index contributed by atoms with van der Waals surface area (Å²) in [5.74, 6) is -2.30. The molecule has 91 heavy (non-hydrogen) atoms. The van der Waals surface area contributed by atoms with Crippen molar-refractivity contribution in [2.75, 3.05) is 47.5 Å². The van der Waals surface area contributed by atoms with Crippen LogP contribution in [0.15, 0.2) is 158 Å². The number of hydrogen-bond donors (Lipinski definition) is 0. The number of esters is 2. The van der Waals surface area contributed by atoms with Crippen molar-refractivity contribution in [1.29, 1.82) is 0 Å². The van der Waals surface area contributed by atoms with Crippen LogP contribution in [0.1, 0.15) is 284 Å². The predicted octanol–water partition coefficient (Wildman–Crippen LogP) is 21.9. The Labute approximate surface area is 559 Å². The van der Waals surface area contributed by atoms with Crippen LogP contribution < -0.4 is 5.11 Å². The van der Waals surface area contributed by atoms with Gasteiger partial charge < -0.3 is 33.3 Å². The summed E-state index contributed by atoms with van der Waals surface area (Å²) in [4.78, 5) is 37.5. The van der Waals surface area contributed by atoms with E-state index in [0.29, 0.717) is 17.4 Å². The Morgan fingerprint density at radius 3 is 0.879 bits per heavy atom. The number of aliphatic carboxylic acids is 1. The number of carboxylic acids is 1. The minimum absolute atomic E-state index is 0.139. The van der Waals surface area contributed by atoms with Gasteiger partial charge >= 0.3 is 11.9 Å². The number of rotatable bonds is 66. The van der Waals surface area contributed by atoms with Crippen molar-refractivity contribution in [2.24, 2.45) is 0 Å². The van der Waals surface area contributed by atoms with Crippen LogP contribution in [0, 0.1) is 0 Å². The minimum Gasteiger partial charge on any atom is -0.545 e. The largest absolute Gasteiger partial charge is 0.545 e. The van der Waals surface area contributed by atoms with Crippen LogP contribution >= 0.6 is 0 Å². The third-order valence-corrected chi connectivity index (χ3v) is 15.3. The molecule has 0 amide bonds. The number of allylic oxidation sites excluding steroid dienone is 26. The number of carbonyl (C=O) groups is 3. The van der Waals surface area contributed by atoms with Crippen LogP contribution in [0.3, 0.4) is 0 Å². The van der Waals surface area contributed by atoms with E-state index in [-0.39, 0.29) is 38.6 Å². The number of likely N-dealkylation sites (N-methyl/N-ethyl adjacent to an activating group) is 1. The van der Waals surface area contributed by atoms with Crippen molar-refractivity contribution in [2.45, 2.75) is 296 Å². The minimum atomic E-state index is -1.63. The SMILES string of the molecule is CC/C=C\C/C=C\C/C=C\C/C=C\C/C=C\C/C=C\C/C=C\CCCCCCCCCC(=O)OC(COC(=O)CCCCCCCCCCCCCCCCCCCC/C=C\C/C=C\C/C=C\C/C=C\C/C=C\C/C=C\CC)COC(OCC[N+](C)(C)C)C(=O)[O-]. The van der Waals surface area contributed by atoms with E-state index in [0.717, 1.165) is 128 Å². The van der Waals surface area contributed by atoms with Crippen molar-refractivity contribution in [3.8, 4) is 0 Å². The number of carbonyl (C=O) groups excluding carboxylic acids is 3. The number of quaternary nitrogens is 1. The molecular weight excluding hydrogens is 1130 g/mol. The summed E-state index contributed by atoms with van der Waals surface area (Å²) in [7, 11) is 5.92. The average Bonchev–Trinajstić information content (AvgIpc) is 3.66. The second-order valence-electron chi connectivity index (χ2n) is 25.1. The van der Waals surface area contributed by atoms with E-state index in [9.17, 15) is 19.5 Å². The fraction of sp³-hybridized carbons (Fsp3) is 0.646. The first-order chi connectivity index (χ1) is 44.6. The molecule has 2 unspecified atom stereocenters. The van der Waals surface area contributed by atoms with Crippen molar-refractivity contribution in [3.63, 3.8) is 0 Å². The molecule has 0 aliphatic carbocycles. The number of unbranched alkanes of at least 4 members (excludes halogenated alkanes) is 25. The molecule has 0 saturated carbocycles. The molecule has 0 fully saturated rings. The summed E-state index contributed by atoms with van der Waals surface area (Å²) in [6.07, 6.45) is 102. The maximum Gasteiger partial charge on any atom is 0.306 e. The Kier molecular flexibility index (Phi) is 66.8.